The lowest BCUT2D eigenvalue weighted by atomic mass is 9.82. The minimum absolute atomic E-state index is 0.143. The molecule has 6 nitrogen and oxygen atoms in total. The van der Waals surface area contributed by atoms with Crippen LogP contribution in [0, 0.1) is 11.8 Å². The fourth-order valence-electron chi connectivity index (χ4n) is 4.64. The van der Waals surface area contributed by atoms with Crippen LogP contribution in [0.25, 0.3) is 10.9 Å². The number of nitrogens with zero attached hydrogens (tertiary/aromatic N) is 3. The van der Waals surface area contributed by atoms with Gasteiger partial charge in [0.2, 0.25) is 5.95 Å². The van der Waals surface area contributed by atoms with Crippen LogP contribution in [-0.2, 0) is 6.54 Å². The van der Waals surface area contributed by atoms with Gasteiger partial charge in [-0.05, 0) is 62.3 Å². The number of fused-ring (bicyclic) bond motifs is 1. The number of rotatable bonds is 9. The first kappa shape index (κ1) is 25.0. The minimum Gasteiger partial charge on any atom is -0.405 e. The second kappa shape index (κ2) is 11.1. The quantitative estimate of drug-likeness (QED) is 0.410. The molecule has 2 N–H and O–H groups in total. The SMILES string of the molecule is CN(C)c1nc(NCC2CCC(CNCc3ccccc3OC(F)(F)F)CC2)nc2ccccc12. The Kier molecular flexibility index (Phi) is 7.95. The Balaban J connectivity index is 1.23. The van der Waals surface area contributed by atoms with Crippen molar-refractivity contribution in [2.75, 3.05) is 37.4 Å². The zero-order valence-corrected chi connectivity index (χ0v) is 20.1. The maximum atomic E-state index is 12.6. The standard InChI is InChI=1S/C26H32F3N5O/c1-34(2)24-21-8-4-5-9-22(21)32-25(33-24)31-16-19-13-11-18(12-14-19)15-30-17-20-7-3-6-10-23(20)35-26(27,28)29/h3-10,18-19,30H,11-17H2,1-2H3,(H,31,32,33). The van der Waals surface area contributed by atoms with Crippen LogP contribution in [0.3, 0.4) is 0 Å². The van der Waals surface area contributed by atoms with E-state index < -0.39 is 6.36 Å². The Bertz CT molecular complexity index is 1110. The molecule has 0 unspecified atom stereocenters. The molecule has 1 heterocycles. The van der Waals surface area contributed by atoms with Gasteiger partial charge in [0.1, 0.15) is 11.6 Å². The number of nitrogens with one attached hydrogen (secondary N) is 2. The number of ether oxygens (including phenoxy) is 1. The largest absolute Gasteiger partial charge is 0.573 e. The molecule has 0 bridgehead atoms. The smallest absolute Gasteiger partial charge is 0.405 e. The van der Waals surface area contributed by atoms with E-state index in [1.165, 1.54) is 6.07 Å². The molecule has 1 aromatic heterocycles. The average Bonchev–Trinajstić information content (AvgIpc) is 2.83. The van der Waals surface area contributed by atoms with Crippen LogP contribution in [0.4, 0.5) is 24.9 Å². The number of hydrogen-bond donors (Lipinski definition) is 2. The second-order valence-electron chi connectivity index (χ2n) is 9.34. The number of hydrogen-bond acceptors (Lipinski definition) is 6. The lowest BCUT2D eigenvalue weighted by Crippen LogP contribution is -2.29. The molecule has 0 radical (unpaired) electrons. The number of alkyl halides is 3. The molecule has 0 saturated heterocycles. The molecule has 1 aliphatic rings. The first-order valence-electron chi connectivity index (χ1n) is 12.0. The average molecular weight is 488 g/mol. The molecule has 1 saturated carbocycles. The van der Waals surface area contributed by atoms with Gasteiger partial charge in [-0.3, -0.25) is 0 Å². The van der Waals surface area contributed by atoms with Crippen LogP contribution in [0.5, 0.6) is 5.75 Å². The lowest BCUT2D eigenvalue weighted by Gasteiger charge is -2.29. The van der Waals surface area contributed by atoms with Gasteiger partial charge in [-0.25, -0.2) is 4.98 Å². The molecule has 1 fully saturated rings. The highest BCUT2D eigenvalue weighted by Gasteiger charge is 2.32. The van der Waals surface area contributed by atoms with Crippen LogP contribution < -0.4 is 20.3 Å². The number of anilines is 2. The molecule has 4 rings (SSSR count). The molecular formula is C26H32F3N5O. The van der Waals surface area contributed by atoms with Gasteiger partial charge in [-0.1, -0.05) is 30.3 Å². The predicted molar refractivity (Wildman–Crippen MR) is 133 cm³/mol. The van der Waals surface area contributed by atoms with Gasteiger partial charge >= 0.3 is 6.36 Å². The fraction of sp³-hybridized carbons (Fsp3) is 0.462. The van der Waals surface area contributed by atoms with E-state index >= 15 is 0 Å². The van der Waals surface area contributed by atoms with E-state index in [0.29, 0.717) is 29.9 Å². The van der Waals surface area contributed by atoms with Crippen molar-refractivity contribution in [3.8, 4) is 5.75 Å². The minimum atomic E-state index is -4.69. The van der Waals surface area contributed by atoms with Gasteiger partial charge in [0.05, 0.1) is 5.52 Å². The molecule has 1 aliphatic carbocycles. The summed E-state index contributed by atoms with van der Waals surface area (Å²) in [6.45, 7) is 1.95. The normalized spacial score (nSPS) is 18.4. The molecular weight excluding hydrogens is 455 g/mol. The van der Waals surface area contributed by atoms with Crippen molar-refractivity contribution in [2.24, 2.45) is 11.8 Å². The van der Waals surface area contributed by atoms with Gasteiger partial charge in [-0.2, -0.15) is 4.98 Å². The zero-order valence-electron chi connectivity index (χ0n) is 20.1. The summed E-state index contributed by atoms with van der Waals surface area (Å²) in [4.78, 5) is 11.4. The number of para-hydroxylation sites is 2. The van der Waals surface area contributed by atoms with Gasteiger partial charge in [-0.15, -0.1) is 13.2 Å². The molecule has 35 heavy (non-hydrogen) atoms. The highest BCUT2D eigenvalue weighted by atomic mass is 19.4. The maximum Gasteiger partial charge on any atom is 0.573 e. The Morgan fingerprint density at radius 2 is 1.57 bits per heavy atom. The summed E-state index contributed by atoms with van der Waals surface area (Å²) in [5, 5.41) is 7.78. The molecule has 0 atom stereocenters. The topological polar surface area (TPSA) is 62.3 Å². The molecule has 0 spiro atoms. The summed E-state index contributed by atoms with van der Waals surface area (Å²) in [6.07, 6.45) is -0.319. The molecule has 188 valence electrons. The summed E-state index contributed by atoms with van der Waals surface area (Å²) in [5.74, 6) is 2.46. The van der Waals surface area contributed by atoms with Crippen molar-refractivity contribution in [3.05, 3.63) is 54.1 Å². The van der Waals surface area contributed by atoms with E-state index in [2.05, 4.69) is 20.4 Å². The number of benzene rings is 2. The molecule has 0 aliphatic heterocycles. The summed E-state index contributed by atoms with van der Waals surface area (Å²) >= 11 is 0. The number of halogens is 3. The Morgan fingerprint density at radius 1 is 0.914 bits per heavy atom. The molecule has 2 aromatic carbocycles. The molecule has 0 amide bonds. The monoisotopic (exact) mass is 487 g/mol. The van der Waals surface area contributed by atoms with Gasteiger partial charge in [0.15, 0.2) is 0 Å². The Morgan fingerprint density at radius 3 is 2.29 bits per heavy atom. The first-order valence-corrected chi connectivity index (χ1v) is 12.0. The fourth-order valence-corrected chi connectivity index (χ4v) is 4.64. The van der Waals surface area contributed by atoms with E-state index in [9.17, 15) is 13.2 Å². The third-order valence-corrected chi connectivity index (χ3v) is 6.47. The van der Waals surface area contributed by atoms with Crippen LogP contribution in [0.15, 0.2) is 48.5 Å². The highest BCUT2D eigenvalue weighted by Crippen LogP contribution is 2.30. The molecule has 3 aromatic rings. The van der Waals surface area contributed by atoms with E-state index in [-0.39, 0.29) is 5.75 Å². The van der Waals surface area contributed by atoms with Crippen molar-refractivity contribution in [3.63, 3.8) is 0 Å². The van der Waals surface area contributed by atoms with E-state index in [1.807, 2.05) is 43.3 Å². The van der Waals surface area contributed by atoms with Crippen molar-refractivity contribution in [1.29, 1.82) is 0 Å². The summed E-state index contributed by atoms with van der Waals surface area (Å²) < 4.78 is 42.0. The van der Waals surface area contributed by atoms with Crippen molar-refractivity contribution in [1.82, 2.24) is 15.3 Å². The maximum absolute atomic E-state index is 12.6. The van der Waals surface area contributed by atoms with Crippen molar-refractivity contribution < 1.29 is 17.9 Å². The predicted octanol–water partition coefficient (Wildman–Crippen LogP) is 5.60. The van der Waals surface area contributed by atoms with Crippen molar-refractivity contribution >= 4 is 22.7 Å². The third kappa shape index (κ3) is 6.97. The van der Waals surface area contributed by atoms with Gasteiger partial charge in [0.25, 0.3) is 0 Å². The van der Waals surface area contributed by atoms with Crippen LogP contribution >= 0.6 is 0 Å². The summed E-state index contributed by atoms with van der Waals surface area (Å²) in [5.41, 5.74) is 1.43. The Hall–Kier alpha value is -3.07. The van der Waals surface area contributed by atoms with E-state index in [1.54, 1.807) is 18.2 Å². The Labute approximate surface area is 203 Å². The zero-order chi connectivity index (χ0) is 24.8. The van der Waals surface area contributed by atoms with Gasteiger partial charge < -0.3 is 20.3 Å². The van der Waals surface area contributed by atoms with Crippen molar-refractivity contribution in [2.45, 2.75) is 38.6 Å². The number of aromatic nitrogens is 2. The summed E-state index contributed by atoms with van der Waals surface area (Å²) in [7, 11) is 3.96. The van der Waals surface area contributed by atoms with Crippen LogP contribution in [0.1, 0.15) is 31.2 Å². The van der Waals surface area contributed by atoms with Gasteiger partial charge in [0, 0.05) is 38.1 Å². The second-order valence-corrected chi connectivity index (χ2v) is 9.34. The third-order valence-electron chi connectivity index (χ3n) is 6.47. The van der Waals surface area contributed by atoms with Crippen LogP contribution in [-0.4, -0.2) is 43.5 Å². The van der Waals surface area contributed by atoms with Crippen LogP contribution in [0.2, 0.25) is 0 Å². The lowest BCUT2D eigenvalue weighted by molar-refractivity contribution is -0.274. The summed E-state index contributed by atoms with van der Waals surface area (Å²) in [6, 6.07) is 14.3. The van der Waals surface area contributed by atoms with E-state index in [4.69, 9.17) is 4.98 Å². The van der Waals surface area contributed by atoms with E-state index in [0.717, 1.165) is 55.5 Å². The molecule has 9 heteroatoms. The first-order chi connectivity index (χ1) is 16.8. The highest BCUT2D eigenvalue weighted by molar-refractivity contribution is 5.90.